The predicted octanol–water partition coefficient (Wildman–Crippen LogP) is 4.09. The molecule has 5 rings (SSSR count). The zero-order chi connectivity index (χ0) is 18.9. The summed E-state index contributed by atoms with van der Waals surface area (Å²) in [4.78, 5) is 16.6. The van der Waals surface area contributed by atoms with E-state index < -0.39 is 0 Å². The molecule has 5 nitrogen and oxygen atoms in total. The molecule has 0 spiro atoms. The molecule has 1 N–H and O–H groups in total. The highest BCUT2D eigenvalue weighted by Gasteiger charge is 2.33. The predicted molar refractivity (Wildman–Crippen MR) is 119 cm³/mol. The Morgan fingerprint density at radius 3 is 2.41 bits per heavy atom. The molecule has 3 aromatic rings. The van der Waals surface area contributed by atoms with Gasteiger partial charge in [0, 0.05) is 19.3 Å². The number of para-hydroxylation sites is 1. The van der Waals surface area contributed by atoms with Gasteiger partial charge in [-0.05, 0) is 61.3 Å². The highest BCUT2D eigenvalue weighted by atomic mass is 35.5. The Hall–Kier alpha value is -2.15. The molecule has 2 aromatic heterocycles. The van der Waals surface area contributed by atoms with Gasteiger partial charge in [-0.15, -0.1) is 23.7 Å². The second kappa shape index (κ2) is 8.69. The fourth-order valence-corrected chi connectivity index (χ4v) is 5.15. The van der Waals surface area contributed by atoms with Crippen LogP contribution in [0, 0.1) is 11.8 Å². The van der Waals surface area contributed by atoms with Crippen LogP contribution in [-0.4, -0.2) is 46.8 Å². The average Bonchev–Trinajstić information content (AvgIpc) is 3.47. The molecule has 2 aliphatic rings. The number of aromatic nitrogens is 2. The van der Waals surface area contributed by atoms with E-state index in [4.69, 9.17) is 5.10 Å². The Morgan fingerprint density at radius 1 is 1.03 bits per heavy atom. The summed E-state index contributed by atoms with van der Waals surface area (Å²) in [5, 5.41) is 10.3. The smallest absolute Gasteiger partial charge is 0.257 e. The number of rotatable bonds is 3. The van der Waals surface area contributed by atoms with Gasteiger partial charge in [0.05, 0.1) is 16.1 Å². The zero-order valence-electron chi connectivity index (χ0n) is 16.2. The molecular formula is C22H25ClN4OS. The molecule has 2 saturated heterocycles. The SMILES string of the molecule is Cl.O=C(c1cn(-c2ccccc2)nc1-c1cccs1)N1CC[C@@H]2CNC[C@@H]2CC1. The van der Waals surface area contributed by atoms with Gasteiger partial charge in [0.25, 0.3) is 5.91 Å². The minimum Gasteiger partial charge on any atom is -0.339 e. The number of benzene rings is 1. The number of nitrogens with one attached hydrogen (secondary N) is 1. The van der Waals surface area contributed by atoms with Crippen LogP contribution in [0.15, 0.2) is 54.0 Å². The first kappa shape index (κ1) is 20.1. The summed E-state index contributed by atoms with van der Waals surface area (Å²) in [6.07, 6.45) is 4.08. The second-order valence-electron chi connectivity index (χ2n) is 7.70. The van der Waals surface area contributed by atoms with E-state index in [1.54, 1.807) is 11.3 Å². The molecule has 1 amide bonds. The van der Waals surface area contributed by atoms with E-state index in [0.29, 0.717) is 17.4 Å². The van der Waals surface area contributed by atoms with Crippen LogP contribution in [0.2, 0.25) is 0 Å². The molecule has 152 valence electrons. The van der Waals surface area contributed by atoms with Gasteiger partial charge < -0.3 is 10.2 Å². The lowest BCUT2D eigenvalue weighted by Gasteiger charge is -2.20. The van der Waals surface area contributed by atoms with Crippen molar-refractivity contribution < 1.29 is 4.79 Å². The summed E-state index contributed by atoms with van der Waals surface area (Å²) >= 11 is 1.63. The van der Waals surface area contributed by atoms with Gasteiger partial charge in [-0.25, -0.2) is 4.68 Å². The normalized spacial score (nSPS) is 21.3. The lowest BCUT2D eigenvalue weighted by Crippen LogP contribution is -2.32. The van der Waals surface area contributed by atoms with E-state index in [1.165, 1.54) is 0 Å². The zero-order valence-corrected chi connectivity index (χ0v) is 17.8. The van der Waals surface area contributed by atoms with Gasteiger partial charge >= 0.3 is 0 Å². The summed E-state index contributed by atoms with van der Waals surface area (Å²) in [7, 11) is 0. The third kappa shape index (κ3) is 3.97. The van der Waals surface area contributed by atoms with Gasteiger partial charge in [-0.1, -0.05) is 24.3 Å². The van der Waals surface area contributed by atoms with Crippen LogP contribution in [0.25, 0.3) is 16.3 Å². The van der Waals surface area contributed by atoms with E-state index in [0.717, 1.165) is 55.3 Å². The van der Waals surface area contributed by atoms with Crippen LogP contribution < -0.4 is 5.32 Å². The van der Waals surface area contributed by atoms with Crippen LogP contribution in [0.1, 0.15) is 23.2 Å². The highest BCUT2D eigenvalue weighted by Crippen LogP contribution is 2.31. The third-order valence-electron chi connectivity index (χ3n) is 6.03. The number of hydrogen-bond donors (Lipinski definition) is 1. The largest absolute Gasteiger partial charge is 0.339 e. The number of nitrogens with zero attached hydrogens (tertiary/aromatic N) is 3. The lowest BCUT2D eigenvalue weighted by atomic mass is 9.92. The van der Waals surface area contributed by atoms with Crippen molar-refractivity contribution in [2.75, 3.05) is 26.2 Å². The van der Waals surface area contributed by atoms with Crippen molar-refractivity contribution in [1.82, 2.24) is 20.0 Å². The number of carbonyl (C=O) groups is 1. The molecule has 0 unspecified atom stereocenters. The summed E-state index contributed by atoms with van der Waals surface area (Å²) in [6.45, 7) is 3.86. The maximum absolute atomic E-state index is 13.5. The first-order valence-corrected chi connectivity index (χ1v) is 10.9. The maximum Gasteiger partial charge on any atom is 0.257 e. The number of fused-ring (bicyclic) bond motifs is 1. The van der Waals surface area contributed by atoms with E-state index in [1.807, 2.05) is 63.6 Å². The molecule has 7 heteroatoms. The second-order valence-corrected chi connectivity index (χ2v) is 8.64. The van der Waals surface area contributed by atoms with Gasteiger partial charge in [-0.3, -0.25) is 4.79 Å². The van der Waals surface area contributed by atoms with E-state index in [2.05, 4.69) is 5.32 Å². The number of carbonyl (C=O) groups excluding carboxylic acids is 1. The molecule has 2 atom stereocenters. The van der Waals surface area contributed by atoms with Crippen molar-refractivity contribution >= 4 is 29.7 Å². The van der Waals surface area contributed by atoms with Gasteiger partial charge in [-0.2, -0.15) is 5.10 Å². The van der Waals surface area contributed by atoms with Gasteiger partial charge in [0.1, 0.15) is 5.69 Å². The van der Waals surface area contributed by atoms with E-state index in [-0.39, 0.29) is 18.3 Å². The number of thiophene rings is 1. The Bertz CT molecular complexity index is 943. The van der Waals surface area contributed by atoms with Gasteiger partial charge in [0.15, 0.2) is 0 Å². The Kier molecular flexibility index (Phi) is 6.04. The standard InChI is InChI=1S/C22H24N4OS.ClH/c27-22(25-10-8-16-13-23-14-17(16)9-11-25)19-15-26(18-5-2-1-3-6-18)24-21(19)20-7-4-12-28-20;/h1-7,12,15-17,23H,8-11,13-14H2;1H/t16-,17+;. The summed E-state index contributed by atoms with van der Waals surface area (Å²) in [5.41, 5.74) is 2.46. The molecule has 0 bridgehead atoms. The molecule has 0 saturated carbocycles. The molecule has 2 fully saturated rings. The molecule has 29 heavy (non-hydrogen) atoms. The fourth-order valence-electron chi connectivity index (χ4n) is 4.43. The summed E-state index contributed by atoms with van der Waals surface area (Å²) in [5.74, 6) is 1.53. The topological polar surface area (TPSA) is 50.2 Å². The van der Waals surface area contributed by atoms with Crippen molar-refractivity contribution in [3.63, 3.8) is 0 Å². The minimum atomic E-state index is 0. The first-order valence-electron chi connectivity index (χ1n) is 9.98. The van der Waals surface area contributed by atoms with E-state index >= 15 is 0 Å². The number of hydrogen-bond acceptors (Lipinski definition) is 4. The molecule has 1 aromatic carbocycles. The Balaban J connectivity index is 0.00000205. The van der Waals surface area contributed by atoms with Crippen LogP contribution in [0.4, 0.5) is 0 Å². The van der Waals surface area contributed by atoms with Crippen LogP contribution in [-0.2, 0) is 0 Å². The number of halogens is 1. The average molecular weight is 429 g/mol. The first-order chi connectivity index (χ1) is 13.8. The van der Waals surface area contributed by atoms with Crippen molar-refractivity contribution in [3.8, 4) is 16.3 Å². The van der Waals surface area contributed by atoms with Crippen molar-refractivity contribution in [2.45, 2.75) is 12.8 Å². The van der Waals surface area contributed by atoms with Crippen molar-refractivity contribution in [3.05, 3.63) is 59.6 Å². The monoisotopic (exact) mass is 428 g/mol. The summed E-state index contributed by atoms with van der Waals surface area (Å²) < 4.78 is 1.83. The number of likely N-dealkylation sites (tertiary alicyclic amines) is 1. The molecule has 4 heterocycles. The molecular weight excluding hydrogens is 404 g/mol. The van der Waals surface area contributed by atoms with E-state index in [9.17, 15) is 4.79 Å². The Labute approximate surface area is 181 Å². The van der Waals surface area contributed by atoms with Crippen molar-refractivity contribution in [1.29, 1.82) is 0 Å². The minimum absolute atomic E-state index is 0. The third-order valence-corrected chi connectivity index (χ3v) is 6.90. The molecule has 2 aliphatic heterocycles. The maximum atomic E-state index is 13.5. The lowest BCUT2D eigenvalue weighted by molar-refractivity contribution is 0.0759. The number of amides is 1. The Morgan fingerprint density at radius 2 is 1.76 bits per heavy atom. The highest BCUT2D eigenvalue weighted by molar-refractivity contribution is 7.13. The van der Waals surface area contributed by atoms with Crippen LogP contribution >= 0.6 is 23.7 Å². The quantitative estimate of drug-likeness (QED) is 0.683. The molecule has 0 aliphatic carbocycles. The summed E-state index contributed by atoms with van der Waals surface area (Å²) in [6, 6.07) is 14.0. The fraction of sp³-hybridized carbons (Fsp3) is 0.364. The van der Waals surface area contributed by atoms with Crippen LogP contribution in [0.3, 0.4) is 0 Å². The molecule has 0 radical (unpaired) electrons. The van der Waals surface area contributed by atoms with Gasteiger partial charge in [0.2, 0.25) is 0 Å². The van der Waals surface area contributed by atoms with Crippen LogP contribution in [0.5, 0.6) is 0 Å². The van der Waals surface area contributed by atoms with Crippen molar-refractivity contribution in [2.24, 2.45) is 11.8 Å².